The second-order valence-corrected chi connectivity index (χ2v) is 11.8. The van der Waals surface area contributed by atoms with Gasteiger partial charge in [-0.2, -0.15) is 0 Å². The van der Waals surface area contributed by atoms with Gasteiger partial charge < -0.3 is 11.1 Å². The summed E-state index contributed by atoms with van der Waals surface area (Å²) in [6.07, 6.45) is 0. The van der Waals surface area contributed by atoms with Crippen molar-refractivity contribution in [2.45, 2.75) is 11.8 Å². The third kappa shape index (κ3) is 4.64. The highest BCUT2D eigenvalue weighted by atomic mass is 127. The van der Waals surface area contributed by atoms with Gasteiger partial charge in [0.25, 0.3) is 11.1 Å². The fourth-order valence-electron chi connectivity index (χ4n) is 4.10. The number of aryl methyl sites for hydroxylation is 1. The molecule has 0 saturated heterocycles. The molecule has 0 aliphatic heterocycles. The van der Waals surface area contributed by atoms with Gasteiger partial charge >= 0.3 is 5.69 Å². The average Bonchev–Trinajstić information content (AvgIpc) is 2.84. The van der Waals surface area contributed by atoms with E-state index in [2.05, 4.69) is 5.32 Å². The highest BCUT2D eigenvalue weighted by molar-refractivity contribution is 14.1. The monoisotopic (exact) mass is 653 g/mol. The molecule has 4 aromatic rings. The van der Waals surface area contributed by atoms with Crippen molar-refractivity contribution in [2.75, 3.05) is 11.1 Å². The Labute approximate surface area is 228 Å². The number of carbonyl (C=O) groups is 1. The molecule has 3 N–H and O–H groups in total. The number of nitrogens with two attached hydrogens (primary N) is 1. The quantitative estimate of drug-likeness (QED) is 0.299. The van der Waals surface area contributed by atoms with Gasteiger partial charge in [-0.05, 0) is 65.9 Å². The largest absolute Gasteiger partial charge is 0.369 e. The Hall–Kier alpha value is -3.79. The summed E-state index contributed by atoms with van der Waals surface area (Å²) in [7, 11) is -1.46. The molecule has 0 aliphatic carbocycles. The summed E-state index contributed by atoms with van der Waals surface area (Å²) in [5.74, 6) is -2.67. The van der Waals surface area contributed by atoms with Crippen LogP contribution in [0, 0.1) is 16.3 Å². The molecule has 38 heavy (non-hydrogen) atoms. The summed E-state index contributed by atoms with van der Waals surface area (Å²) >= 11 is 1.91. The minimum Gasteiger partial charge on any atom is -0.369 e. The fraction of sp³-hybridized carbons (Fsp3) is 0.167. The molecular weight excluding hydrogens is 632 g/mol. The molecule has 0 atom stereocenters. The van der Waals surface area contributed by atoms with Crippen molar-refractivity contribution in [3.05, 3.63) is 88.6 Å². The lowest BCUT2D eigenvalue weighted by Gasteiger charge is -2.20. The van der Waals surface area contributed by atoms with Crippen molar-refractivity contribution >= 4 is 60.7 Å². The zero-order chi connectivity index (χ0) is 28.1. The van der Waals surface area contributed by atoms with Crippen LogP contribution in [0.15, 0.2) is 61.7 Å². The molecule has 11 nitrogen and oxygen atoms in total. The van der Waals surface area contributed by atoms with Crippen LogP contribution in [-0.2, 0) is 28.7 Å². The van der Waals surface area contributed by atoms with Crippen LogP contribution in [-0.4, -0.2) is 33.8 Å². The van der Waals surface area contributed by atoms with Gasteiger partial charge in [0.1, 0.15) is 22.6 Å². The van der Waals surface area contributed by atoms with Gasteiger partial charge in [-0.3, -0.25) is 23.5 Å². The first kappa shape index (κ1) is 27.3. The molecule has 0 bridgehead atoms. The number of fused-ring (bicyclic) bond motifs is 1. The summed E-state index contributed by atoms with van der Waals surface area (Å²) in [6.45, 7) is 1.46. The van der Waals surface area contributed by atoms with Crippen LogP contribution in [0.4, 0.5) is 15.8 Å². The van der Waals surface area contributed by atoms with Crippen LogP contribution in [0.3, 0.4) is 0 Å². The van der Waals surface area contributed by atoms with Crippen LogP contribution in [0.25, 0.3) is 16.7 Å². The highest BCUT2D eigenvalue weighted by Gasteiger charge is 2.24. The molecule has 2 aromatic heterocycles. The third-order valence-corrected chi connectivity index (χ3v) is 8.25. The summed E-state index contributed by atoms with van der Waals surface area (Å²) in [4.78, 5) is 50.8. The van der Waals surface area contributed by atoms with E-state index in [0.717, 1.165) is 13.7 Å². The molecule has 198 valence electrons. The van der Waals surface area contributed by atoms with Crippen LogP contribution in [0.5, 0.6) is 0 Å². The molecule has 0 fully saturated rings. The van der Waals surface area contributed by atoms with Crippen molar-refractivity contribution in [1.82, 2.24) is 13.7 Å². The molecule has 14 heteroatoms. The van der Waals surface area contributed by atoms with E-state index in [4.69, 9.17) is 5.73 Å². The Kier molecular flexibility index (Phi) is 7.05. The summed E-state index contributed by atoms with van der Waals surface area (Å²) < 4.78 is 43.5. The fourth-order valence-corrected chi connectivity index (χ4v) is 5.69. The predicted octanol–water partition coefficient (Wildman–Crippen LogP) is 1.44. The smallest absolute Gasteiger partial charge is 0.337 e. The number of nitrogens with one attached hydrogen (secondary N) is 1. The van der Waals surface area contributed by atoms with Gasteiger partial charge in [0, 0.05) is 28.9 Å². The Morgan fingerprint density at radius 2 is 1.74 bits per heavy atom. The summed E-state index contributed by atoms with van der Waals surface area (Å²) in [5.41, 5.74) is 2.80. The Balaban J connectivity index is 2.07. The second-order valence-electron chi connectivity index (χ2n) is 8.52. The molecule has 0 spiro atoms. The van der Waals surface area contributed by atoms with Crippen LogP contribution >= 0.6 is 22.6 Å². The maximum atomic E-state index is 15.0. The number of carbonyl (C=O) groups excluding carboxylic acids is 1. The number of halogens is 2. The van der Waals surface area contributed by atoms with E-state index < -0.39 is 44.1 Å². The van der Waals surface area contributed by atoms with Crippen LogP contribution < -0.4 is 27.9 Å². The summed E-state index contributed by atoms with van der Waals surface area (Å²) in [6, 6.07) is 9.55. The van der Waals surface area contributed by atoms with Gasteiger partial charge in [0.05, 0.1) is 16.3 Å². The van der Waals surface area contributed by atoms with Crippen molar-refractivity contribution in [1.29, 1.82) is 0 Å². The predicted molar refractivity (Wildman–Crippen MR) is 148 cm³/mol. The number of anilines is 2. The average molecular weight is 653 g/mol. The molecule has 0 radical (unpaired) electrons. The maximum absolute atomic E-state index is 15.0. The van der Waals surface area contributed by atoms with E-state index in [9.17, 15) is 27.6 Å². The minimum absolute atomic E-state index is 0.00724. The Morgan fingerprint density at radius 3 is 2.37 bits per heavy atom. The molecule has 0 unspecified atom stereocenters. The number of nitrogens with zero attached hydrogens (tertiary/aromatic N) is 3. The second kappa shape index (κ2) is 9.83. The lowest BCUT2D eigenvalue weighted by Crippen LogP contribution is -2.41. The minimum atomic E-state index is -4.05. The molecule has 0 saturated carbocycles. The molecule has 2 aromatic carbocycles. The standard InChI is InChI=1S/C24H21FIN5O6S/c1-12-20(28-14-5-4-6-15(10-14)38(36,37)11-18(27)32)19-21(29(2)22(12)33)31(24(35)30(3)23(19)34)17-8-7-13(26)9-16(17)25/h4-10,28H,11H2,1-3H3,(H2,27,32). The van der Waals surface area contributed by atoms with E-state index in [0.29, 0.717) is 3.57 Å². The number of rotatable bonds is 6. The van der Waals surface area contributed by atoms with Crippen molar-refractivity contribution in [3.8, 4) is 5.69 Å². The Bertz CT molecular complexity index is 1950. The summed E-state index contributed by atoms with van der Waals surface area (Å²) in [5, 5.41) is 2.82. The van der Waals surface area contributed by atoms with Gasteiger partial charge in [-0.15, -0.1) is 0 Å². The van der Waals surface area contributed by atoms with Crippen molar-refractivity contribution in [2.24, 2.45) is 19.8 Å². The van der Waals surface area contributed by atoms with Crippen molar-refractivity contribution < 1.29 is 17.6 Å². The number of hydrogen-bond donors (Lipinski definition) is 2. The van der Waals surface area contributed by atoms with E-state index >= 15 is 4.39 Å². The topological polar surface area (TPSA) is 155 Å². The lowest BCUT2D eigenvalue weighted by atomic mass is 10.1. The van der Waals surface area contributed by atoms with Crippen LogP contribution in [0.2, 0.25) is 0 Å². The van der Waals surface area contributed by atoms with E-state index in [1.54, 1.807) is 6.07 Å². The molecule has 0 aliphatic rings. The van der Waals surface area contributed by atoms with E-state index in [-0.39, 0.29) is 38.6 Å². The number of hydrogen-bond acceptors (Lipinski definition) is 7. The normalized spacial score (nSPS) is 11.6. The number of aromatic nitrogens is 3. The first-order valence-electron chi connectivity index (χ1n) is 10.9. The first-order chi connectivity index (χ1) is 17.7. The number of primary amides is 1. The van der Waals surface area contributed by atoms with Gasteiger partial charge in [0.15, 0.2) is 9.84 Å². The number of benzene rings is 2. The third-order valence-electron chi connectivity index (χ3n) is 5.95. The first-order valence-corrected chi connectivity index (χ1v) is 13.7. The lowest BCUT2D eigenvalue weighted by molar-refractivity contribution is -0.115. The zero-order valence-electron chi connectivity index (χ0n) is 20.3. The van der Waals surface area contributed by atoms with Gasteiger partial charge in [-0.1, -0.05) is 6.07 Å². The molecule has 4 rings (SSSR count). The number of pyridine rings is 1. The number of sulfone groups is 1. The van der Waals surface area contributed by atoms with E-state index in [1.807, 2.05) is 22.6 Å². The Morgan fingerprint density at radius 1 is 1.05 bits per heavy atom. The van der Waals surface area contributed by atoms with Gasteiger partial charge in [-0.25, -0.2) is 22.2 Å². The SMILES string of the molecule is Cc1c(Nc2cccc(S(=O)(=O)CC(N)=O)c2)c2c(=O)n(C)c(=O)n(-c3ccc(I)cc3F)c2n(C)c1=O. The highest BCUT2D eigenvalue weighted by Crippen LogP contribution is 2.28. The van der Waals surface area contributed by atoms with E-state index in [1.165, 1.54) is 57.4 Å². The maximum Gasteiger partial charge on any atom is 0.337 e. The number of amides is 1. The molecule has 1 amide bonds. The molecular formula is C24H21FIN5O6S. The van der Waals surface area contributed by atoms with Gasteiger partial charge in [0.2, 0.25) is 5.91 Å². The zero-order valence-corrected chi connectivity index (χ0v) is 23.3. The molecule has 2 heterocycles. The van der Waals surface area contributed by atoms with Crippen molar-refractivity contribution in [3.63, 3.8) is 0 Å². The van der Waals surface area contributed by atoms with Crippen LogP contribution in [0.1, 0.15) is 5.56 Å².